The molecule has 7 nitrogen and oxygen atoms in total. The molecular weight excluding hydrogens is 180 g/mol. The average Bonchev–Trinajstić information content (AvgIpc) is 1.98. The van der Waals surface area contributed by atoms with Crippen LogP contribution in [0.1, 0.15) is 12.8 Å². The van der Waals surface area contributed by atoms with E-state index in [1.165, 1.54) is 0 Å². The molecule has 0 rings (SSSR count). The van der Waals surface area contributed by atoms with Crippen LogP contribution in [-0.2, 0) is 4.79 Å². The highest BCUT2D eigenvalue weighted by atomic mass is 16.6. The molecule has 0 aliphatic heterocycles. The van der Waals surface area contributed by atoms with Gasteiger partial charge in [-0.25, -0.2) is 0 Å². The molecule has 0 aromatic heterocycles. The highest BCUT2D eigenvalue weighted by Crippen LogP contribution is 2.00. The highest BCUT2D eigenvalue weighted by molar-refractivity contribution is 5.72. The number of carbonyl (C=O) groups is 1. The summed E-state index contributed by atoms with van der Waals surface area (Å²) in [6.07, 6.45) is -1.07. The van der Waals surface area contributed by atoms with Gasteiger partial charge in [0, 0.05) is 4.92 Å². The van der Waals surface area contributed by atoms with Gasteiger partial charge in [-0.1, -0.05) is 0 Å². The van der Waals surface area contributed by atoms with Crippen molar-refractivity contribution in [3.8, 4) is 0 Å². The van der Waals surface area contributed by atoms with Crippen molar-refractivity contribution in [1.29, 1.82) is 0 Å². The predicted octanol–water partition coefficient (Wildman–Crippen LogP) is -1.18. The van der Waals surface area contributed by atoms with E-state index >= 15 is 0 Å². The van der Waals surface area contributed by atoms with Gasteiger partial charge in [-0.2, -0.15) is 0 Å². The Morgan fingerprint density at radius 1 is 1.54 bits per heavy atom. The number of nitro groups is 1. The van der Waals surface area contributed by atoms with E-state index in [4.69, 9.17) is 15.9 Å². The van der Waals surface area contributed by atoms with E-state index in [0.29, 0.717) is 0 Å². The number of nitrogens with two attached hydrogens (primary N) is 1. The molecule has 2 atom stereocenters. The van der Waals surface area contributed by atoms with Crippen LogP contribution in [0.15, 0.2) is 0 Å². The molecule has 0 aromatic rings. The number of carboxylic acid groups (broad SMARTS) is 1. The molecule has 0 heterocycles. The molecular formula is C6H12N2O5. The SMILES string of the molecule is N[C@@H](CCC(O)C[N+](=O)[O-])C(=O)O. The Morgan fingerprint density at radius 2 is 2.08 bits per heavy atom. The summed E-state index contributed by atoms with van der Waals surface area (Å²) in [5, 5.41) is 27.2. The highest BCUT2D eigenvalue weighted by Gasteiger charge is 2.16. The minimum atomic E-state index is -1.17. The Morgan fingerprint density at radius 3 is 2.46 bits per heavy atom. The Hall–Kier alpha value is -1.21. The Labute approximate surface area is 74.3 Å². The fourth-order valence-electron chi connectivity index (χ4n) is 0.759. The van der Waals surface area contributed by atoms with Crippen LogP contribution in [0.25, 0.3) is 0 Å². The number of aliphatic carboxylic acids is 1. The van der Waals surface area contributed by atoms with E-state index in [1.807, 2.05) is 0 Å². The van der Waals surface area contributed by atoms with Gasteiger partial charge in [-0.3, -0.25) is 14.9 Å². The van der Waals surface area contributed by atoms with Crippen LogP contribution >= 0.6 is 0 Å². The van der Waals surface area contributed by atoms with Gasteiger partial charge in [0.2, 0.25) is 6.54 Å². The molecule has 76 valence electrons. The van der Waals surface area contributed by atoms with Gasteiger partial charge in [-0.15, -0.1) is 0 Å². The molecule has 0 radical (unpaired) electrons. The van der Waals surface area contributed by atoms with E-state index < -0.39 is 29.6 Å². The maximum Gasteiger partial charge on any atom is 0.320 e. The first-order valence-electron chi connectivity index (χ1n) is 3.71. The molecule has 0 saturated carbocycles. The molecule has 0 fully saturated rings. The van der Waals surface area contributed by atoms with Gasteiger partial charge in [0.25, 0.3) is 0 Å². The average molecular weight is 192 g/mol. The van der Waals surface area contributed by atoms with Crippen molar-refractivity contribution < 1.29 is 19.9 Å². The van der Waals surface area contributed by atoms with Crippen molar-refractivity contribution in [3.63, 3.8) is 0 Å². The molecule has 0 bridgehead atoms. The van der Waals surface area contributed by atoms with Crippen molar-refractivity contribution in [3.05, 3.63) is 10.1 Å². The first kappa shape index (κ1) is 11.8. The Bertz CT molecular complexity index is 195. The minimum absolute atomic E-state index is 0.0223. The van der Waals surface area contributed by atoms with E-state index in [2.05, 4.69) is 0 Å². The molecule has 0 aromatic carbocycles. The summed E-state index contributed by atoms with van der Waals surface area (Å²) in [5.74, 6) is -1.17. The van der Waals surface area contributed by atoms with Gasteiger partial charge in [0.05, 0.1) is 0 Å². The zero-order valence-electron chi connectivity index (χ0n) is 6.92. The van der Waals surface area contributed by atoms with Gasteiger partial charge in [0.15, 0.2) is 0 Å². The third-order valence-electron chi connectivity index (χ3n) is 1.49. The molecule has 0 spiro atoms. The van der Waals surface area contributed by atoms with E-state index in [1.54, 1.807) is 0 Å². The smallest absolute Gasteiger partial charge is 0.320 e. The van der Waals surface area contributed by atoms with Crippen molar-refractivity contribution in [2.45, 2.75) is 25.0 Å². The maximum absolute atomic E-state index is 10.2. The summed E-state index contributed by atoms with van der Waals surface area (Å²) in [6, 6.07) is -1.07. The van der Waals surface area contributed by atoms with E-state index in [0.717, 1.165) is 0 Å². The number of hydrogen-bond donors (Lipinski definition) is 3. The lowest BCUT2D eigenvalue weighted by Crippen LogP contribution is -2.32. The zero-order chi connectivity index (χ0) is 10.4. The summed E-state index contributed by atoms with van der Waals surface area (Å²) in [7, 11) is 0. The Balaban J connectivity index is 3.63. The first-order valence-corrected chi connectivity index (χ1v) is 3.71. The minimum Gasteiger partial charge on any atom is -0.480 e. The van der Waals surface area contributed by atoms with Crippen LogP contribution in [0.2, 0.25) is 0 Å². The molecule has 0 aliphatic rings. The lowest BCUT2D eigenvalue weighted by molar-refractivity contribution is -0.490. The zero-order valence-corrected chi connectivity index (χ0v) is 6.92. The predicted molar refractivity (Wildman–Crippen MR) is 42.7 cm³/mol. The summed E-state index contributed by atoms with van der Waals surface area (Å²) in [6.45, 7) is -0.577. The summed E-state index contributed by atoms with van der Waals surface area (Å²) < 4.78 is 0. The number of carboxylic acids is 1. The number of aliphatic hydroxyl groups is 1. The van der Waals surface area contributed by atoms with Gasteiger partial charge >= 0.3 is 5.97 Å². The molecule has 1 unspecified atom stereocenters. The van der Waals surface area contributed by atoms with Gasteiger partial charge < -0.3 is 15.9 Å². The molecule has 7 heteroatoms. The molecule has 4 N–H and O–H groups in total. The number of hydrogen-bond acceptors (Lipinski definition) is 5. The van der Waals surface area contributed by atoms with Crippen LogP contribution in [-0.4, -0.2) is 39.8 Å². The number of aliphatic hydroxyl groups excluding tert-OH is 1. The third kappa shape index (κ3) is 6.00. The van der Waals surface area contributed by atoms with Crippen molar-refractivity contribution in [2.75, 3.05) is 6.54 Å². The second kappa shape index (κ2) is 5.44. The van der Waals surface area contributed by atoms with E-state index in [-0.39, 0.29) is 12.8 Å². The summed E-state index contributed by atoms with van der Waals surface area (Å²) in [4.78, 5) is 19.4. The van der Waals surface area contributed by atoms with Crippen molar-refractivity contribution in [1.82, 2.24) is 0 Å². The van der Waals surface area contributed by atoms with Crippen molar-refractivity contribution >= 4 is 5.97 Å². The second-order valence-electron chi connectivity index (χ2n) is 2.69. The topological polar surface area (TPSA) is 127 Å². The Kier molecular flexibility index (Phi) is 4.93. The van der Waals surface area contributed by atoms with Crippen LogP contribution in [0.3, 0.4) is 0 Å². The van der Waals surface area contributed by atoms with Crippen LogP contribution in [0, 0.1) is 10.1 Å². The third-order valence-corrected chi connectivity index (χ3v) is 1.49. The van der Waals surface area contributed by atoms with Crippen LogP contribution < -0.4 is 5.73 Å². The first-order chi connectivity index (χ1) is 5.93. The van der Waals surface area contributed by atoms with Gasteiger partial charge in [0.1, 0.15) is 12.1 Å². The van der Waals surface area contributed by atoms with Crippen LogP contribution in [0.5, 0.6) is 0 Å². The second-order valence-corrected chi connectivity index (χ2v) is 2.69. The standard InChI is InChI=1S/C6H12N2O5/c7-5(6(10)11)2-1-4(9)3-8(12)13/h4-5,9H,1-3,7H2,(H,10,11)/t4?,5-/m0/s1. The van der Waals surface area contributed by atoms with Crippen LogP contribution in [0.4, 0.5) is 0 Å². The molecule has 13 heavy (non-hydrogen) atoms. The maximum atomic E-state index is 10.2. The molecule has 0 amide bonds. The fraction of sp³-hybridized carbons (Fsp3) is 0.833. The fourth-order valence-corrected chi connectivity index (χ4v) is 0.759. The van der Waals surface area contributed by atoms with Crippen molar-refractivity contribution in [2.24, 2.45) is 5.73 Å². The normalized spacial score (nSPS) is 14.9. The largest absolute Gasteiger partial charge is 0.480 e. The van der Waals surface area contributed by atoms with Gasteiger partial charge in [-0.05, 0) is 12.8 Å². The monoisotopic (exact) mass is 192 g/mol. The van der Waals surface area contributed by atoms with E-state index in [9.17, 15) is 14.9 Å². The number of rotatable bonds is 6. The molecule has 0 aliphatic carbocycles. The molecule has 0 saturated heterocycles. The summed E-state index contributed by atoms with van der Waals surface area (Å²) >= 11 is 0. The summed E-state index contributed by atoms with van der Waals surface area (Å²) in [5.41, 5.74) is 5.12. The number of nitrogens with zero attached hydrogens (tertiary/aromatic N) is 1. The quantitative estimate of drug-likeness (QED) is 0.359. The lowest BCUT2D eigenvalue weighted by Gasteiger charge is -2.08. The lowest BCUT2D eigenvalue weighted by atomic mass is 10.1.